The Morgan fingerprint density at radius 2 is 1.86 bits per heavy atom. The smallest absolute Gasteiger partial charge is 0.243 e. The van der Waals surface area contributed by atoms with Crippen molar-refractivity contribution in [2.24, 2.45) is 5.92 Å². The number of benzene rings is 1. The van der Waals surface area contributed by atoms with Gasteiger partial charge in [0, 0.05) is 31.0 Å². The summed E-state index contributed by atoms with van der Waals surface area (Å²) in [5.41, 5.74) is 0.824. The largest absolute Gasteiger partial charge is 0.265 e. The van der Waals surface area contributed by atoms with Crippen molar-refractivity contribution in [3.05, 3.63) is 54.6 Å². The first-order valence-corrected chi connectivity index (χ1v) is 10.4. The summed E-state index contributed by atoms with van der Waals surface area (Å²) in [6, 6.07) is 8.53. The molecule has 8 nitrogen and oxygen atoms in total. The van der Waals surface area contributed by atoms with Crippen LogP contribution >= 0.6 is 0 Å². The van der Waals surface area contributed by atoms with Crippen LogP contribution in [0.5, 0.6) is 0 Å². The molecule has 1 atom stereocenters. The van der Waals surface area contributed by atoms with Crippen molar-refractivity contribution in [3.8, 4) is 11.4 Å². The van der Waals surface area contributed by atoms with E-state index in [1.165, 1.54) is 21.2 Å². The van der Waals surface area contributed by atoms with Crippen molar-refractivity contribution in [2.75, 3.05) is 13.1 Å². The standard InChI is InChI=1S/C18H19FN6O2S/c19-16-3-5-17(6-4-16)28(26,27)24-11-1-2-14(12-24)13-25-22-18(21-23-25)15-7-9-20-10-8-15/h3-10,14H,1-2,11-13H2/t14-/m1/s1. The third kappa shape index (κ3) is 3.92. The molecule has 0 spiro atoms. The molecule has 2 aromatic heterocycles. The van der Waals surface area contributed by atoms with Gasteiger partial charge in [-0.15, -0.1) is 10.2 Å². The quantitative estimate of drug-likeness (QED) is 0.648. The molecule has 3 aromatic rings. The molecular formula is C18H19FN6O2S. The highest BCUT2D eigenvalue weighted by Crippen LogP contribution is 2.25. The first-order chi connectivity index (χ1) is 13.5. The van der Waals surface area contributed by atoms with Gasteiger partial charge in [0.2, 0.25) is 15.8 Å². The number of halogens is 1. The number of hydrogen-bond donors (Lipinski definition) is 0. The monoisotopic (exact) mass is 402 g/mol. The van der Waals surface area contributed by atoms with Crippen LogP contribution in [0.3, 0.4) is 0 Å². The van der Waals surface area contributed by atoms with Crippen LogP contribution in [-0.4, -0.2) is 51.0 Å². The average Bonchev–Trinajstić information content (AvgIpc) is 3.18. The topological polar surface area (TPSA) is 93.9 Å². The second kappa shape index (κ2) is 7.72. The predicted octanol–water partition coefficient (Wildman–Crippen LogP) is 1.98. The molecule has 3 heterocycles. The SMILES string of the molecule is O=S(=O)(c1ccc(F)cc1)N1CCC[C@@H](Cn2nnc(-c3ccncc3)n2)C1. The Kier molecular flexibility index (Phi) is 5.14. The molecule has 0 unspecified atom stereocenters. The molecular weight excluding hydrogens is 383 g/mol. The van der Waals surface area contributed by atoms with E-state index in [1.807, 2.05) is 0 Å². The van der Waals surface area contributed by atoms with Gasteiger partial charge in [-0.2, -0.15) is 9.10 Å². The summed E-state index contributed by atoms with van der Waals surface area (Å²) in [4.78, 5) is 5.58. The van der Waals surface area contributed by atoms with Gasteiger partial charge in [-0.05, 0) is 60.4 Å². The van der Waals surface area contributed by atoms with Gasteiger partial charge in [0.1, 0.15) is 5.82 Å². The fraction of sp³-hybridized carbons (Fsp3) is 0.333. The molecule has 1 aromatic carbocycles. The van der Waals surface area contributed by atoms with Crippen LogP contribution in [-0.2, 0) is 16.6 Å². The summed E-state index contributed by atoms with van der Waals surface area (Å²) in [5.74, 6) is 0.121. The molecule has 0 saturated carbocycles. The van der Waals surface area contributed by atoms with Crippen molar-refractivity contribution < 1.29 is 12.8 Å². The Hall–Kier alpha value is -2.72. The number of nitrogens with zero attached hydrogens (tertiary/aromatic N) is 6. The Morgan fingerprint density at radius 3 is 2.61 bits per heavy atom. The van der Waals surface area contributed by atoms with Crippen LogP contribution in [0.1, 0.15) is 12.8 Å². The van der Waals surface area contributed by atoms with Gasteiger partial charge in [-0.3, -0.25) is 4.98 Å². The third-order valence-corrected chi connectivity index (χ3v) is 6.63. The maximum Gasteiger partial charge on any atom is 0.243 e. The lowest BCUT2D eigenvalue weighted by Crippen LogP contribution is -2.41. The van der Waals surface area contributed by atoms with Crippen molar-refractivity contribution in [1.82, 2.24) is 29.5 Å². The Labute approximate surface area is 162 Å². The molecule has 0 amide bonds. The molecule has 146 valence electrons. The van der Waals surface area contributed by atoms with E-state index in [9.17, 15) is 12.8 Å². The van der Waals surface area contributed by atoms with Crippen LogP contribution in [0.15, 0.2) is 53.7 Å². The summed E-state index contributed by atoms with van der Waals surface area (Å²) < 4.78 is 40.2. The second-order valence-electron chi connectivity index (χ2n) is 6.73. The van der Waals surface area contributed by atoms with E-state index >= 15 is 0 Å². The van der Waals surface area contributed by atoms with E-state index in [0.717, 1.165) is 30.5 Å². The average molecular weight is 402 g/mol. The lowest BCUT2D eigenvalue weighted by Gasteiger charge is -2.31. The maximum absolute atomic E-state index is 13.1. The van der Waals surface area contributed by atoms with E-state index in [0.29, 0.717) is 25.5 Å². The molecule has 1 aliphatic heterocycles. The Bertz CT molecular complexity index is 1040. The van der Waals surface area contributed by atoms with E-state index in [1.54, 1.807) is 24.5 Å². The van der Waals surface area contributed by atoms with Crippen LogP contribution in [0.2, 0.25) is 0 Å². The molecule has 0 bridgehead atoms. The van der Waals surface area contributed by atoms with E-state index in [-0.39, 0.29) is 10.8 Å². The van der Waals surface area contributed by atoms with Crippen molar-refractivity contribution in [1.29, 1.82) is 0 Å². The van der Waals surface area contributed by atoms with Crippen molar-refractivity contribution in [2.45, 2.75) is 24.3 Å². The number of pyridine rings is 1. The highest BCUT2D eigenvalue weighted by Gasteiger charge is 2.30. The number of sulfonamides is 1. The Morgan fingerprint density at radius 1 is 1.11 bits per heavy atom. The van der Waals surface area contributed by atoms with Gasteiger partial charge in [0.05, 0.1) is 11.4 Å². The van der Waals surface area contributed by atoms with Gasteiger partial charge < -0.3 is 0 Å². The second-order valence-corrected chi connectivity index (χ2v) is 8.67. The molecule has 0 radical (unpaired) electrons. The fourth-order valence-electron chi connectivity index (χ4n) is 3.32. The zero-order valence-corrected chi connectivity index (χ0v) is 15.8. The number of tetrazole rings is 1. The normalized spacial score (nSPS) is 18.2. The van der Waals surface area contributed by atoms with Crippen LogP contribution < -0.4 is 0 Å². The summed E-state index contributed by atoms with van der Waals surface area (Å²) in [6.07, 6.45) is 4.95. The zero-order chi connectivity index (χ0) is 19.6. The highest BCUT2D eigenvalue weighted by atomic mass is 32.2. The molecule has 4 rings (SSSR count). The van der Waals surface area contributed by atoms with Gasteiger partial charge in [0.15, 0.2) is 0 Å². The van der Waals surface area contributed by atoms with Crippen LogP contribution in [0.4, 0.5) is 4.39 Å². The first-order valence-electron chi connectivity index (χ1n) is 8.96. The number of piperidine rings is 1. The fourth-order valence-corrected chi connectivity index (χ4v) is 4.87. The molecule has 1 fully saturated rings. The number of aromatic nitrogens is 5. The predicted molar refractivity (Wildman–Crippen MR) is 98.9 cm³/mol. The zero-order valence-electron chi connectivity index (χ0n) is 15.0. The van der Waals surface area contributed by atoms with Gasteiger partial charge in [-0.1, -0.05) is 0 Å². The molecule has 1 aliphatic rings. The molecule has 1 saturated heterocycles. The summed E-state index contributed by atoms with van der Waals surface area (Å²) in [5, 5.41) is 12.5. The van der Waals surface area contributed by atoms with E-state index in [2.05, 4.69) is 20.4 Å². The lowest BCUT2D eigenvalue weighted by molar-refractivity contribution is 0.231. The van der Waals surface area contributed by atoms with Crippen molar-refractivity contribution in [3.63, 3.8) is 0 Å². The highest BCUT2D eigenvalue weighted by molar-refractivity contribution is 7.89. The van der Waals surface area contributed by atoms with E-state index < -0.39 is 15.8 Å². The maximum atomic E-state index is 13.1. The molecule has 0 N–H and O–H groups in total. The van der Waals surface area contributed by atoms with Crippen LogP contribution in [0.25, 0.3) is 11.4 Å². The van der Waals surface area contributed by atoms with Crippen LogP contribution in [0, 0.1) is 11.7 Å². The summed E-state index contributed by atoms with van der Waals surface area (Å²) in [7, 11) is -3.65. The molecule has 10 heteroatoms. The number of rotatable bonds is 5. The minimum Gasteiger partial charge on any atom is -0.265 e. The summed E-state index contributed by atoms with van der Waals surface area (Å²) in [6.45, 7) is 1.29. The molecule has 0 aliphatic carbocycles. The lowest BCUT2D eigenvalue weighted by atomic mass is 10.00. The minimum absolute atomic E-state index is 0.0727. The third-order valence-electron chi connectivity index (χ3n) is 4.75. The van der Waals surface area contributed by atoms with Gasteiger partial charge in [-0.25, -0.2) is 12.8 Å². The Balaban J connectivity index is 1.46. The minimum atomic E-state index is -3.65. The molecule has 28 heavy (non-hydrogen) atoms. The van der Waals surface area contributed by atoms with E-state index in [4.69, 9.17) is 0 Å². The number of hydrogen-bond acceptors (Lipinski definition) is 6. The first kappa shape index (κ1) is 18.6. The van der Waals surface area contributed by atoms with Gasteiger partial charge in [0.25, 0.3) is 0 Å². The van der Waals surface area contributed by atoms with Gasteiger partial charge >= 0.3 is 0 Å². The van der Waals surface area contributed by atoms with Crippen molar-refractivity contribution >= 4 is 10.0 Å². The summed E-state index contributed by atoms with van der Waals surface area (Å²) >= 11 is 0.